The monoisotopic (exact) mass is 270 g/mol. The highest BCUT2D eigenvalue weighted by atomic mass is 32.2. The lowest BCUT2D eigenvalue weighted by Crippen LogP contribution is -2.08. The molecule has 0 aliphatic heterocycles. The van der Waals surface area contributed by atoms with Crippen LogP contribution in [-0.2, 0) is 0 Å². The summed E-state index contributed by atoms with van der Waals surface area (Å²) in [4.78, 5) is 19.4. The van der Waals surface area contributed by atoms with E-state index in [1.165, 1.54) is 11.8 Å². The van der Waals surface area contributed by atoms with Crippen molar-refractivity contribution in [1.82, 2.24) is 9.97 Å². The highest BCUT2D eigenvalue weighted by Gasteiger charge is 2.16. The number of nitrogens with zero attached hydrogens (tertiary/aromatic N) is 2. The van der Waals surface area contributed by atoms with E-state index in [4.69, 9.17) is 10.2 Å². The van der Waals surface area contributed by atoms with Crippen molar-refractivity contribution in [3.63, 3.8) is 0 Å². The van der Waals surface area contributed by atoms with E-state index in [9.17, 15) is 4.79 Å². The van der Waals surface area contributed by atoms with E-state index in [1.54, 1.807) is 13.8 Å². The van der Waals surface area contributed by atoms with E-state index in [1.807, 2.05) is 0 Å². The number of carboxylic acids is 1. The fraction of sp³-hybridized carbons (Fsp3) is 0.583. The Morgan fingerprint density at radius 2 is 1.94 bits per heavy atom. The number of carboxylic acid groups (broad SMARTS) is 1. The molecule has 0 atom stereocenters. The molecule has 0 aliphatic carbocycles. The number of thioether (sulfide) groups is 1. The first kappa shape index (κ1) is 14.9. The van der Waals surface area contributed by atoms with Gasteiger partial charge in [-0.25, -0.2) is 14.8 Å². The molecule has 0 fully saturated rings. The van der Waals surface area contributed by atoms with Crippen molar-refractivity contribution in [2.75, 3.05) is 12.4 Å². The number of aromatic carboxylic acids is 1. The summed E-state index contributed by atoms with van der Waals surface area (Å²) in [6.45, 7) is 3.65. The van der Waals surface area contributed by atoms with E-state index in [0.717, 1.165) is 25.0 Å². The summed E-state index contributed by atoms with van der Waals surface area (Å²) in [6.07, 6.45) is 2.66. The van der Waals surface area contributed by atoms with Gasteiger partial charge in [-0.15, -0.1) is 11.8 Å². The summed E-state index contributed by atoms with van der Waals surface area (Å²) in [7, 11) is 0. The van der Waals surface area contributed by atoms with E-state index in [2.05, 4.69) is 9.97 Å². The molecule has 18 heavy (non-hydrogen) atoms. The van der Waals surface area contributed by atoms with Gasteiger partial charge in [0.15, 0.2) is 0 Å². The summed E-state index contributed by atoms with van der Waals surface area (Å²) in [5, 5.41) is 18.4. The third-order valence-corrected chi connectivity index (χ3v) is 3.49. The molecule has 0 radical (unpaired) electrons. The van der Waals surface area contributed by atoms with Crippen LogP contribution in [0, 0.1) is 13.8 Å². The Hall–Kier alpha value is -1.14. The van der Waals surface area contributed by atoms with Crippen LogP contribution in [0.4, 0.5) is 0 Å². The predicted molar refractivity (Wildman–Crippen MR) is 70.1 cm³/mol. The van der Waals surface area contributed by atoms with E-state index in [-0.39, 0.29) is 12.2 Å². The number of aliphatic hydroxyl groups is 1. The molecule has 0 saturated carbocycles. The highest BCUT2D eigenvalue weighted by molar-refractivity contribution is 7.99. The van der Waals surface area contributed by atoms with Gasteiger partial charge in [0.25, 0.3) is 0 Å². The normalized spacial score (nSPS) is 10.6. The molecule has 0 aliphatic rings. The first-order valence-electron chi connectivity index (χ1n) is 5.88. The van der Waals surface area contributed by atoms with Crippen LogP contribution in [0.3, 0.4) is 0 Å². The standard InChI is InChI=1S/C12H18N2O3S/c1-8-10(12(16)17)11(14-9(2)13-8)18-7-5-3-4-6-15/h15H,3-7H2,1-2H3,(H,16,17). The predicted octanol–water partition coefficient (Wildman–Crippen LogP) is 2.05. The van der Waals surface area contributed by atoms with E-state index >= 15 is 0 Å². The fourth-order valence-corrected chi connectivity index (χ4v) is 2.71. The highest BCUT2D eigenvalue weighted by Crippen LogP contribution is 2.23. The third-order valence-electron chi connectivity index (χ3n) is 2.42. The Bertz CT molecular complexity index is 424. The average Bonchev–Trinajstić information content (AvgIpc) is 2.27. The number of aliphatic hydroxyl groups excluding tert-OH is 1. The van der Waals surface area contributed by atoms with Crippen molar-refractivity contribution >= 4 is 17.7 Å². The minimum Gasteiger partial charge on any atom is -0.478 e. The van der Waals surface area contributed by atoms with Gasteiger partial charge in [0.05, 0.1) is 5.69 Å². The zero-order valence-corrected chi connectivity index (χ0v) is 11.5. The smallest absolute Gasteiger partial charge is 0.340 e. The molecule has 1 aromatic heterocycles. The van der Waals surface area contributed by atoms with Gasteiger partial charge < -0.3 is 10.2 Å². The van der Waals surface area contributed by atoms with Crippen molar-refractivity contribution in [2.45, 2.75) is 38.1 Å². The molecule has 2 N–H and O–H groups in total. The second kappa shape index (κ2) is 7.33. The van der Waals surface area contributed by atoms with Gasteiger partial charge in [-0.3, -0.25) is 0 Å². The van der Waals surface area contributed by atoms with Gasteiger partial charge in [0.1, 0.15) is 16.4 Å². The molecule has 100 valence electrons. The molecule has 5 nitrogen and oxygen atoms in total. The molecular formula is C12H18N2O3S. The van der Waals surface area contributed by atoms with Crippen molar-refractivity contribution in [1.29, 1.82) is 0 Å². The van der Waals surface area contributed by atoms with Gasteiger partial charge in [0, 0.05) is 6.61 Å². The number of hydrogen-bond acceptors (Lipinski definition) is 5. The molecule has 0 unspecified atom stereocenters. The van der Waals surface area contributed by atoms with Crippen LogP contribution in [0.2, 0.25) is 0 Å². The third kappa shape index (κ3) is 4.27. The molecule has 0 spiro atoms. The Kier molecular flexibility index (Phi) is 6.07. The Morgan fingerprint density at radius 1 is 1.22 bits per heavy atom. The zero-order chi connectivity index (χ0) is 13.5. The fourth-order valence-electron chi connectivity index (χ4n) is 1.59. The minimum atomic E-state index is -0.981. The van der Waals surface area contributed by atoms with E-state index < -0.39 is 5.97 Å². The molecule has 0 aromatic carbocycles. The number of carbonyl (C=O) groups is 1. The van der Waals surface area contributed by atoms with E-state index in [0.29, 0.717) is 16.5 Å². The van der Waals surface area contributed by atoms with Gasteiger partial charge in [0.2, 0.25) is 0 Å². The Morgan fingerprint density at radius 3 is 2.56 bits per heavy atom. The summed E-state index contributed by atoms with van der Waals surface area (Å²) in [5.74, 6) is 0.414. The van der Waals surface area contributed by atoms with Crippen molar-refractivity contribution in [3.8, 4) is 0 Å². The zero-order valence-electron chi connectivity index (χ0n) is 10.6. The molecular weight excluding hydrogens is 252 g/mol. The van der Waals surface area contributed by atoms with Gasteiger partial charge >= 0.3 is 5.97 Å². The number of aromatic nitrogens is 2. The lowest BCUT2D eigenvalue weighted by atomic mass is 10.2. The number of aryl methyl sites for hydroxylation is 2. The van der Waals surface area contributed by atoms with Crippen LogP contribution in [0.5, 0.6) is 0 Å². The molecule has 1 heterocycles. The van der Waals surface area contributed by atoms with Crippen LogP contribution >= 0.6 is 11.8 Å². The van der Waals surface area contributed by atoms with Gasteiger partial charge in [-0.2, -0.15) is 0 Å². The summed E-state index contributed by atoms with van der Waals surface area (Å²) in [6, 6.07) is 0. The Labute approximate surface area is 111 Å². The molecule has 0 amide bonds. The largest absolute Gasteiger partial charge is 0.478 e. The topological polar surface area (TPSA) is 83.3 Å². The molecule has 6 heteroatoms. The van der Waals surface area contributed by atoms with Crippen LogP contribution in [0.25, 0.3) is 0 Å². The first-order chi connectivity index (χ1) is 8.56. The number of hydrogen-bond donors (Lipinski definition) is 2. The lowest BCUT2D eigenvalue weighted by molar-refractivity contribution is 0.0690. The maximum absolute atomic E-state index is 11.2. The van der Waals surface area contributed by atoms with Gasteiger partial charge in [-0.1, -0.05) is 6.42 Å². The second-order valence-corrected chi connectivity index (χ2v) is 5.06. The molecule has 0 bridgehead atoms. The maximum atomic E-state index is 11.2. The number of unbranched alkanes of at least 4 members (excludes halogenated alkanes) is 2. The second-order valence-electron chi connectivity index (χ2n) is 3.97. The quantitative estimate of drug-likeness (QED) is 0.448. The molecule has 1 aromatic rings. The average molecular weight is 270 g/mol. The first-order valence-corrected chi connectivity index (χ1v) is 6.87. The van der Waals surface area contributed by atoms with Crippen molar-refractivity contribution in [2.24, 2.45) is 0 Å². The maximum Gasteiger partial charge on any atom is 0.340 e. The van der Waals surface area contributed by atoms with Crippen molar-refractivity contribution in [3.05, 3.63) is 17.1 Å². The SMILES string of the molecule is Cc1nc(C)c(C(=O)O)c(SCCCCCO)n1. The summed E-state index contributed by atoms with van der Waals surface area (Å²) < 4.78 is 0. The summed E-state index contributed by atoms with van der Waals surface area (Å²) in [5.41, 5.74) is 0.709. The van der Waals surface area contributed by atoms with Crippen LogP contribution in [0.1, 0.15) is 41.1 Å². The minimum absolute atomic E-state index is 0.202. The Balaban J connectivity index is 2.71. The summed E-state index contributed by atoms with van der Waals surface area (Å²) >= 11 is 1.44. The number of rotatable bonds is 7. The van der Waals surface area contributed by atoms with Crippen LogP contribution in [-0.4, -0.2) is 38.5 Å². The van der Waals surface area contributed by atoms with Crippen molar-refractivity contribution < 1.29 is 15.0 Å². The molecule has 0 saturated heterocycles. The molecule has 1 rings (SSSR count). The van der Waals surface area contributed by atoms with Gasteiger partial charge in [-0.05, 0) is 32.4 Å². The van der Waals surface area contributed by atoms with Crippen LogP contribution in [0.15, 0.2) is 5.03 Å². The van der Waals surface area contributed by atoms with Crippen LogP contribution < -0.4 is 0 Å². The lowest BCUT2D eigenvalue weighted by Gasteiger charge is -2.08.